The zero-order chi connectivity index (χ0) is 18.4. The predicted molar refractivity (Wildman–Crippen MR) is 98.1 cm³/mol. The molecule has 0 atom stereocenters. The summed E-state index contributed by atoms with van der Waals surface area (Å²) in [5.74, 6) is -0.548. The van der Waals surface area contributed by atoms with E-state index in [-0.39, 0.29) is 18.0 Å². The lowest BCUT2D eigenvalue weighted by Crippen LogP contribution is -2.33. The third kappa shape index (κ3) is 5.33. The van der Waals surface area contributed by atoms with E-state index in [0.717, 1.165) is 13.0 Å². The molecule has 0 aromatic carbocycles. The number of rotatable bonds is 7. The van der Waals surface area contributed by atoms with Crippen LogP contribution < -0.4 is 5.32 Å². The first-order valence-electron chi connectivity index (χ1n) is 9.31. The molecule has 0 unspecified atom stereocenters. The van der Waals surface area contributed by atoms with E-state index in [2.05, 4.69) is 15.2 Å². The Labute approximate surface area is 150 Å². The van der Waals surface area contributed by atoms with Crippen molar-refractivity contribution in [2.45, 2.75) is 59.5 Å². The molecule has 25 heavy (non-hydrogen) atoms. The predicted octanol–water partition coefficient (Wildman–Crippen LogP) is 2.80. The van der Waals surface area contributed by atoms with Gasteiger partial charge in [0.25, 0.3) is 5.91 Å². The van der Waals surface area contributed by atoms with Crippen LogP contribution in [0.25, 0.3) is 0 Å². The van der Waals surface area contributed by atoms with Crippen LogP contribution in [0.15, 0.2) is 0 Å². The standard InChI is InChI=1S/C19H31N3O3/c1-13(2)25-19(24)16-14(3)17(21-15(16)4)18(23)20-9-8-12-22-10-6-5-7-11-22/h13,21H,5-12H2,1-4H3,(H,20,23). The lowest BCUT2D eigenvalue weighted by atomic mass is 10.1. The fourth-order valence-electron chi connectivity index (χ4n) is 3.33. The number of esters is 1. The van der Waals surface area contributed by atoms with Crippen molar-refractivity contribution >= 4 is 11.9 Å². The number of aryl methyl sites for hydroxylation is 1. The molecule has 1 aromatic rings. The molecule has 2 N–H and O–H groups in total. The molecule has 0 radical (unpaired) electrons. The van der Waals surface area contributed by atoms with Crippen LogP contribution in [0.4, 0.5) is 0 Å². The largest absolute Gasteiger partial charge is 0.459 e. The van der Waals surface area contributed by atoms with Crippen molar-refractivity contribution < 1.29 is 14.3 Å². The highest BCUT2D eigenvalue weighted by molar-refractivity contribution is 6.00. The van der Waals surface area contributed by atoms with Gasteiger partial charge in [0.05, 0.1) is 11.7 Å². The van der Waals surface area contributed by atoms with Gasteiger partial charge >= 0.3 is 5.97 Å². The number of aromatic amines is 1. The number of likely N-dealkylation sites (tertiary alicyclic amines) is 1. The van der Waals surface area contributed by atoms with Crippen molar-refractivity contribution in [3.8, 4) is 0 Å². The molecular formula is C19H31N3O3. The van der Waals surface area contributed by atoms with Gasteiger partial charge in [-0.2, -0.15) is 0 Å². The van der Waals surface area contributed by atoms with Gasteiger partial charge in [0.15, 0.2) is 0 Å². The Kier molecular flexibility index (Phi) is 7.05. The minimum atomic E-state index is -0.384. The summed E-state index contributed by atoms with van der Waals surface area (Å²) in [5.41, 5.74) is 2.23. The van der Waals surface area contributed by atoms with Crippen LogP contribution in [0.2, 0.25) is 0 Å². The summed E-state index contributed by atoms with van der Waals surface area (Å²) < 4.78 is 5.26. The summed E-state index contributed by atoms with van der Waals surface area (Å²) >= 11 is 0. The Hall–Kier alpha value is -1.82. The van der Waals surface area contributed by atoms with Crippen LogP contribution in [0.5, 0.6) is 0 Å². The summed E-state index contributed by atoms with van der Waals surface area (Å²) in [7, 11) is 0. The molecule has 2 heterocycles. The molecular weight excluding hydrogens is 318 g/mol. The van der Waals surface area contributed by atoms with Crippen molar-refractivity contribution in [3.63, 3.8) is 0 Å². The molecule has 1 saturated heterocycles. The fourth-order valence-corrected chi connectivity index (χ4v) is 3.33. The highest BCUT2D eigenvalue weighted by atomic mass is 16.5. The average molecular weight is 349 g/mol. The number of hydrogen-bond acceptors (Lipinski definition) is 4. The molecule has 0 aliphatic carbocycles. The van der Waals surface area contributed by atoms with Gasteiger partial charge < -0.3 is 19.9 Å². The summed E-state index contributed by atoms with van der Waals surface area (Å²) in [6.45, 7) is 11.2. The number of amides is 1. The van der Waals surface area contributed by atoms with Gasteiger partial charge in [-0.3, -0.25) is 4.79 Å². The van der Waals surface area contributed by atoms with Gasteiger partial charge in [0.1, 0.15) is 5.69 Å². The maximum atomic E-state index is 12.4. The summed E-state index contributed by atoms with van der Waals surface area (Å²) in [6, 6.07) is 0. The number of carbonyl (C=O) groups excluding carboxylic acids is 2. The Bertz CT molecular complexity index is 601. The van der Waals surface area contributed by atoms with E-state index in [0.29, 0.717) is 29.1 Å². The van der Waals surface area contributed by atoms with Gasteiger partial charge in [-0.15, -0.1) is 0 Å². The molecule has 1 aliphatic heterocycles. The number of H-pyrrole nitrogens is 1. The Morgan fingerprint density at radius 3 is 2.52 bits per heavy atom. The molecule has 0 saturated carbocycles. The fraction of sp³-hybridized carbons (Fsp3) is 0.684. The quantitative estimate of drug-likeness (QED) is 0.586. The normalized spacial score (nSPS) is 15.4. The maximum Gasteiger partial charge on any atom is 0.340 e. The Balaban J connectivity index is 1.87. The highest BCUT2D eigenvalue weighted by Crippen LogP contribution is 2.19. The molecule has 2 rings (SSSR count). The number of hydrogen-bond donors (Lipinski definition) is 2. The second-order valence-electron chi connectivity index (χ2n) is 7.09. The Morgan fingerprint density at radius 1 is 1.20 bits per heavy atom. The zero-order valence-electron chi connectivity index (χ0n) is 15.9. The smallest absolute Gasteiger partial charge is 0.340 e. The van der Waals surface area contributed by atoms with Crippen molar-refractivity contribution in [1.82, 2.24) is 15.2 Å². The van der Waals surface area contributed by atoms with E-state index in [1.165, 1.54) is 32.4 Å². The second kappa shape index (κ2) is 9.04. The number of nitrogens with zero attached hydrogens (tertiary/aromatic N) is 1. The topological polar surface area (TPSA) is 74.4 Å². The van der Waals surface area contributed by atoms with Crippen LogP contribution >= 0.6 is 0 Å². The van der Waals surface area contributed by atoms with E-state index in [9.17, 15) is 9.59 Å². The summed E-state index contributed by atoms with van der Waals surface area (Å²) in [6.07, 6.45) is 4.64. The minimum Gasteiger partial charge on any atom is -0.459 e. The molecule has 0 spiro atoms. The third-order valence-corrected chi connectivity index (χ3v) is 4.60. The maximum absolute atomic E-state index is 12.4. The number of carbonyl (C=O) groups is 2. The van der Waals surface area contributed by atoms with Gasteiger partial charge in [0.2, 0.25) is 0 Å². The third-order valence-electron chi connectivity index (χ3n) is 4.60. The molecule has 140 valence electrons. The number of piperidine rings is 1. The van der Waals surface area contributed by atoms with E-state index >= 15 is 0 Å². The van der Waals surface area contributed by atoms with Crippen LogP contribution in [-0.2, 0) is 4.74 Å². The molecule has 6 heteroatoms. The first kappa shape index (κ1) is 19.5. The van der Waals surface area contributed by atoms with Crippen LogP contribution in [0.1, 0.15) is 71.6 Å². The molecule has 6 nitrogen and oxygen atoms in total. The van der Waals surface area contributed by atoms with Gasteiger partial charge in [-0.05, 0) is 72.2 Å². The number of nitrogens with one attached hydrogen (secondary N) is 2. The average Bonchev–Trinajstić information content (AvgIpc) is 2.86. The molecule has 1 aromatic heterocycles. The molecule has 1 fully saturated rings. The number of ether oxygens (including phenoxy) is 1. The van der Waals surface area contributed by atoms with Crippen LogP contribution in [0.3, 0.4) is 0 Å². The summed E-state index contributed by atoms with van der Waals surface area (Å²) in [5, 5.41) is 2.95. The molecule has 0 bridgehead atoms. The van der Waals surface area contributed by atoms with E-state index in [4.69, 9.17) is 4.74 Å². The summed E-state index contributed by atoms with van der Waals surface area (Å²) in [4.78, 5) is 30.1. The van der Waals surface area contributed by atoms with Crippen molar-refractivity contribution in [2.75, 3.05) is 26.2 Å². The van der Waals surface area contributed by atoms with E-state index < -0.39 is 0 Å². The Morgan fingerprint density at radius 2 is 1.88 bits per heavy atom. The zero-order valence-corrected chi connectivity index (χ0v) is 15.9. The minimum absolute atomic E-state index is 0.164. The second-order valence-corrected chi connectivity index (χ2v) is 7.09. The first-order chi connectivity index (χ1) is 11.9. The molecule has 1 amide bonds. The SMILES string of the molecule is Cc1[nH]c(C(=O)NCCCN2CCCCC2)c(C)c1C(=O)OC(C)C. The van der Waals surface area contributed by atoms with Crippen LogP contribution in [0, 0.1) is 13.8 Å². The van der Waals surface area contributed by atoms with Gasteiger partial charge in [-0.1, -0.05) is 6.42 Å². The first-order valence-corrected chi connectivity index (χ1v) is 9.31. The monoisotopic (exact) mass is 349 g/mol. The van der Waals surface area contributed by atoms with Crippen molar-refractivity contribution in [3.05, 3.63) is 22.5 Å². The number of aromatic nitrogens is 1. The van der Waals surface area contributed by atoms with Gasteiger partial charge in [-0.25, -0.2) is 4.79 Å². The lowest BCUT2D eigenvalue weighted by molar-refractivity contribution is 0.0376. The van der Waals surface area contributed by atoms with E-state index in [1.807, 2.05) is 13.8 Å². The van der Waals surface area contributed by atoms with Crippen molar-refractivity contribution in [1.29, 1.82) is 0 Å². The molecule has 1 aliphatic rings. The van der Waals surface area contributed by atoms with E-state index in [1.54, 1.807) is 13.8 Å². The van der Waals surface area contributed by atoms with Gasteiger partial charge in [0, 0.05) is 12.2 Å². The van der Waals surface area contributed by atoms with Crippen LogP contribution in [-0.4, -0.2) is 54.0 Å². The lowest BCUT2D eigenvalue weighted by Gasteiger charge is -2.26. The highest BCUT2D eigenvalue weighted by Gasteiger charge is 2.23. The van der Waals surface area contributed by atoms with Crippen molar-refractivity contribution in [2.24, 2.45) is 0 Å².